The van der Waals surface area contributed by atoms with E-state index >= 15 is 0 Å². The first-order valence-corrected chi connectivity index (χ1v) is 10.7. The summed E-state index contributed by atoms with van der Waals surface area (Å²) in [6, 6.07) is 4.80. The smallest absolute Gasteiger partial charge is 0.353 e. The Labute approximate surface area is 182 Å². The van der Waals surface area contributed by atoms with Crippen molar-refractivity contribution in [3.63, 3.8) is 0 Å². The van der Waals surface area contributed by atoms with E-state index in [1.807, 2.05) is 0 Å². The zero-order valence-corrected chi connectivity index (χ0v) is 17.2. The third-order valence-electron chi connectivity index (χ3n) is 4.55. The van der Waals surface area contributed by atoms with E-state index < -0.39 is 34.1 Å². The molecule has 2 aromatic rings. The number of hydrogen-bond acceptors (Lipinski definition) is 9. The number of nitro groups is 1. The van der Waals surface area contributed by atoms with Gasteiger partial charge in [0.25, 0.3) is 11.6 Å². The van der Waals surface area contributed by atoms with Crippen molar-refractivity contribution >= 4 is 47.0 Å². The maximum atomic E-state index is 12.7. The molecule has 31 heavy (non-hydrogen) atoms. The Morgan fingerprint density at radius 3 is 2.94 bits per heavy atom. The number of nitro benzene ring substituents is 1. The van der Waals surface area contributed by atoms with Crippen molar-refractivity contribution in [3.8, 4) is 0 Å². The largest absolute Gasteiger partial charge is 0.477 e. The molecule has 3 heterocycles. The zero-order valence-electron chi connectivity index (χ0n) is 15.5. The lowest BCUT2D eigenvalue weighted by Crippen LogP contribution is -2.70. The summed E-state index contributed by atoms with van der Waals surface area (Å²) in [7, 11) is 0. The van der Waals surface area contributed by atoms with Crippen molar-refractivity contribution in [2.45, 2.75) is 23.0 Å². The number of β-lactam (4-membered cyclic amide) rings is 1. The Morgan fingerprint density at radius 1 is 1.45 bits per heavy atom. The van der Waals surface area contributed by atoms with Gasteiger partial charge in [-0.05, 0) is 5.56 Å². The van der Waals surface area contributed by atoms with Gasteiger partial charge in [-0.2, -0.15) is 5.10 Å². The lowest BCUT2D eigenvalue weighted by Gasteiger charge is -2.49. The SMILES string of the molecule is O=C(Cc1cccc([N+](=O)[O-])c1)N[C@@H]1C(=O)N2C(C(=O)O)=C(Sc3ncn[nH]3)CS[C@H]12. The van der Waals surface area contributed by atoms with Crippen LogP contribution in [0.2, 0.25) is 0 Å². The summed E-state index contributed by atoms with van der Waals surface area (Å²) >= 11 is 2.41. The Bertz CT molecular complexity index is 1100. The van der Waals surface area contributed by atoms with Crippen LogP contribution in [0.3, 0.4) is 0 Å². The number of carboxylic acids is 1. The van der Waals surface area contributed by atoms with Crippen molar-refractivity contribution < 1.29 is 24.4 Å². The Hall–Kier alpha value is -3.39. The summed E-state index contributed by atoms with van der Waals surface area (Å²) in [5.74, 6) is -1.94. The predicted molar refractivity (Wildman–Crippen MR) is 109 cm³/mol. The normalized spacial score (nSPS) is 20.1. The van der Waals surface area contributed by atoms with Gasteiger partial charge in [0.2, 0.25) is 5.91 Å². The maximum absolute atomic E-state index is 12.7. The fourth-order valence-corrected chi connectivity index (χ4v) is 5.57. The standard InChI is InChI=1S/C17H14N6O6S2/c24-11(5-8-2-1-3-9(4-8)23(28)29)20-12-14(25)22-13(16(26)27)10(6-30-15(12)22)31-17-18-7-19-21-17/h1-4,7,12,15H,5-6H2,(H,20,24)(H,26,27)(H,18,19,21)/t12-,15-/m1/s1. The quantitative estimate of drug-likeness (QED) is 0.303. The van der Waals surface area contributed by atoms with E-state index in [-0.39, 0.29) is 17.8 Å². The van der Waals surface area contributed by atoms with Gasteiger partial charge in [-0.1, -0.05) is 23.9 Å². The lowest BCUT2D eigenvalue weighted by molar-refractivity contribution is -0.384. The number of carbonyl (C=O) groups excluding carboxylic acids is 2. The van der Waals surface area contributed by atoms with Crippen molar-refractivity contribution in [1.29, 1.82) is 0 Å². The molecule has 0 saturated carbocycles. The number of aromatic nitrogens is 3. The topological polar surface area (TPSA) is 171 Å². The number of H-pyrrole nitrogens is 1. The number of aromatic amines is 1. The minimum Gasteiger partial charge on any atom is -0.477 e. The minimum absolute atomic E-state index is 0.132. The summed E-state index contributed by atoms with van der Waals surface area (Å²) in [6.07, 6.45) is 1.15. The number of benzene rings is 1. The highest BCUT2D eigenvalue weighted by atomic mass is 32.2. The van der Waals surface area contributed by atoms with E-state index in [4.69, 9.17) is 0 Å². The monoisotopic (exact) mass is 462 g/mol. The van der Waals surface area contributed by atoms with Crippen LogP contribution in [-0.4, -0.2) is 65.1 Å². The van der Waals surface area contributed by atoms with Crippen LogP contribution in [0.5, 0.6) is 0 Å². The van der Waals surface area contributed by atoms with Gasteiger partial charge in [0.15, 0.2) is 5.16 Å². The van der Waals surface area contributed by atoms with Crippen LogP contribution < -0.4 is 5.32 Å². The number of non-ortho nitro benzene ring substituents is 1. The molecule has 4 rings (SSSR count). The molecule has 3 N–H and O–H groups in total. The molecule has 1 saturated heterocycles. The first-order valence-electron chi connectivity index (χ1n) is 8.82. The van der Waals surface area contributed by atoms with Crippen LogP contribution in [0.15, 0.2) is 46.4 Å². The molecule has 12 nitrogen and oxygen atoms in total. The number of amides is 2. The molecule has 14 heteroatoms. The zero-order chi connectivity index (χ0) is 22.1. The number of thioether (sulfide) groups is 2. The number of nitrogens with zero attached hydrogens (tertiary/aromatic N) is 4. The molecule has 2 atom stereocenters. The van der Waals surface area contributed by atoms with Crippen LogP contribution in [-0.2, 0) is 20.8 Å². The number of hydrogen-bond donors (Lipinski definition) is 3. The van der Waals surface area contributed by atoms with E-state index in [1.54, 1.807) is 6.07 Å². The van der Waals surface area contributed by atoms with Crippen molar-refractivity contribution in [1.82, 2.24) is 25.4 Å². The summed E-state index contributed by atoms with van der Waals surface area (Å²) in [5, 5.41) is 29.3. The number of carbonyl (C=O) groups is 3. The summed E-state index contributed by atoms with van der Waals surface area (Å²) in [4.78, 5) is 52.8. The highest BCUT2D eigenvalue weighted by Crippen LogP contribution is 2.44. The molecule has 0 bridgehead atoms. The number of fused-ring (bicyclic) bond motifs is 1. The second-order valence-electron chi connectivity index (χ2n) is 6.53. The molecule has 1 aromatic heterocycles. The highest BCUT2D eigenvalue weighted by Gasteiger charge is 2.54. The molecule has 2 aliphatic heterocycles. The second-order valence-corrected chi connectivity index (χ2v) is 8.72. The summed E-state index contributed by atoms with van der Waals surface area (Å²) in [5.41, 5.74) is 0.162. The van der Waals surface area contributed by atoms with E-state index in [0.717, 1.165) is 16.7 Å². The third kappa shape index (κ3) is 4.11. The van der Waals surface area contributed by atoms with Crippen LogP contribution in [0.4, 0.5) is 5.69 Å². The van der Waals surface area contributed by atoms with Gasteiger partial charge in [0.1, 0.15) is 23.4 Å². The minimum atomic E-state index is -1.25. The van der Waals surface area contributed by atoms with Gasteiger partial charge in [-0.3, -0.25) is 29.7 Å². The molecule has 0 unspecified atom stereocenters. The molecule has 0 radical (unpaired) electrons. The molecule has 0 aliphatic carbocycles. The average molecular weight is 462 g/mol. The van der Waals surface area contributed by atoms with Crippen molar-refractivity contribution in [3.05, 3.63) is 56.9 Å². The fraction of sp³-hybridized carbons (Fsp3) is 0.235. The molecular weight excluding hydrogens is 448 g/mol. The van der Waals surface area contributed by atoms with Crippen LogP contribution in [0, 0.1) is 10.1 Å². The van der Waals surface area contributed by atoms with Crippen molar-refractivity contribution in [2.75, 3.05) is 5.75 Å². The van der Waals surface area contributed by atoms with Crippen LogP contribution in [0.1, 0.15) is 5.56 Å². The van der Waals surface area contributed by atoms with Crippen LogP contribution >= 0.6 is 23.5 Å². The van der Waals surface area contributed by atoms with Crippen LogP contribution in [0.25, 0.3) is 0 Å². The number of aliphatic carboxylic acids is 1. The Kier molecular flexibility index (Phi) is 5.65. The van der Waals surface area contributed by atoms with Crippen molar-refractivity contribution in [2.24, 2.45) is 0 Å². The molecular formula is C17H14N6O6S2. The Balaban J connectivity index is 1.45. The van der Waals surface area contributed by atoms with E-state index in [0.29, 0.717) is 21.4 Å². The molecule has 1 fully saturated rings. The summed E-state index contributed by atoms with van der Waals surface area (Å²) < 4.78 is 0. The third-order valence-corrected chi connectivity index (χ3v) is 6.99. The van der Waals surface area contributed by atoms with Gasteiger partial charge in [0.05, 0.1) is 11.3 Å². The van der Waals surface area contributed by atoms with E-state index in [9.17, 15) is 29.6 Å². The first kappa shape index (κ1) is 20.9. The van der Waals surface area contributed by atoms with E-state index in [2.05, 4.69) is 20.5 Å². The molecule has 1 aromatic carbocycles. The first-order chi connectivity index (χ1) is 14.8. The second kappa shape index (κ2) is 8.39. The van der Waals surface area contributed by atoms with Gasteiger partial charge in [-0.15, -0.1) is 11.8 Å². The molecule has 2 amide bonds. The van der Waals surface area contributed by atoms with Gasteiger partial charge in [-0.25, -0.2) is 9.78 Å². The molecule has 160 valence electrons. The summed E-state index contributed by atoms with van der Waals surface area (Å²) in [6.45, 7) is 0. The highest BCUT2D eigenvalue weighted by molar-refractivity contribution is 8.06. The van der Waals surface area contributed by atoms with Gasteiger partial charge < -0.3 is 10.4 Å². The fourth-order valence-electron chi connectivity index (χ4n) is 3.22. The maximum Gasteiger partial charge on any atom is 0.353 e. The molecule has 2 aliphatic rings. The van der Waals surface area contributed by atoms with Gasteiger partial charge in [0, 0.05) is 22.8 Å². The average Bonchev–Trinajstić information content (AvgIpc) is 3.24. The van der Waals surface area contributed by atoms with Gasteiger partial charge >= 0.3 is 5.97 Å². The molecule has 0 spiro atoms. The number of rotatable bonds is 7. The Morgan fingerprint density at radius 2 is 2.26 bits per heavy atom. The predicted octanol–water partition coefficient (Wildman–Crippen LogP) is 0.744. The van der Waals surface area contributed by atoms with E-state index in [1.165, 1.54) is 36.3 Å². The lowest BCUT2D eigenvalue weighted by atomic mass is 10.0. The number of carboxylic acid groups (broad SMARTS) is 1. The number of nitrogens with one attached hydrogen (secondary N) is 2.